The van der Waals surface area contributed by atoms with Gasteiger partial charge in [-0.15, -0.1) is 0 Å². The molecular formula is C12H21N3S. The first-order valence-corrected chi connectivity index (χ1v) is 7.21. The predicted molar refractivity (Wildman–Crippen MR) is 69.9 cm³/mol. The summed E-state index contributed by atoms with van der Waals surface area (Å²) in [6.07, 6.45) is 8.13. The van der Waals surface area contributed by atoms with Crippen LogP contribution in [0.25, 0.3) is 0 Å². The second-order valence-electron chi connectivity index (χ2n) is 4.36. The number of aromatic nitrogens is 2. The zero-order chi connectivity index (χ0) is 11.2. The van der Waals surface area contributed by atoms with E-state index in [0.29, 0.717) is 0 Å². The lowest BCUT2D eigenvalue weighted by Crippen LogP contribution is -2.29. The molecule has 0 bridgehead atoms. The third-order valence-corrected chi connectivity index (χ3v) is 4.50. The summed E-state index contributed by atoms with van der Waals surface area (Å²) < 4.78 is 2.20. The van der Waals surface area contributed by atoms with Gasteiger partial charge in [0.1, 0.15) is 5.82 Å². The van der Waals surface area contributed by atoms with Crippen LogP contribution in [-0.4, -0.2) is 33.6 Å². The second kappa shape index (κ2) is 6.30. The fourth-order valence-electron chi connectivity index (χ4n) is 2.07. The van der Waals surface area contributed by atoms with Crippen LogP contribution in [0.5, 0.6) is 0 Å². The van der Waals surface area contributed by atoms with E-state index in [9.17, 15) is 0 Å². The fourth-order valence-corrected chi connectivity index (χ4v) is 3.34. The lowest BCUT2D eigenvalue weighted by Gasteiger charge is -2.21. The maximum Gasteiger partial charge on any atom is 0.105 e. The topological polar surface area (TPSA) is 29.9 Å². The Morgan fingerprint density at radius 2 is 2.50 bits per heavy atom. The first kappa shape index (κ1) is 12.0. The van der Waals surface area contributed by atoms with Crippen LogP contribution in [0.4, 0.5) is 0 Å². The summed E-state index contributed by atoms with van der Waals surface area (Å²) in [6.45, 7) is 5.30. The Bertz CT molecular complexity index is 305. The van der Waals surface area contributed by atoms with Crippen LogP contribution in [0, 0.1) is 6.92 Å². The van der Waals surface area contributed by atoms with Crippen molar-refractivity contribution in [3.05, 3.63) is 18.2 Å². The Hall–Kier alpha value is -0.480. The van der Waals surface area contributed by atoms with E-state index in [1.54, 1.807) is 0 Å². The minimum Gasteiger partial charge on any atom is -0.334 e. The second-order valence-corrected chi connectivity index (χ2v) is 5.77. The molecule has 0 radical (unpaired) electrons. The molecular weight excluding hydrogens is 218 g/mol. The largest absolute Gasteiger partial charge is 0.334 e. The number of nitrogens with one attached hydrogen (secondary N) is 1. The molecule has 2 rings (SSSR count). The highest BCUT2D eigenvalue weighted by Crippen LogP contribution is 2.24. The summed E-state index contributed by atoms with van der Waals surface area (Å²) >= 11 is 2.13. The maximum atomic E-state index is 4.22. The Kier molecular flexibility index (Phi) is 4.72. The average molecular weight is 239 g/mol. The van der Waals surface area contributed by atoms with Crippen molar-refractivity contribution >= 4 is 11.8 Å². The van der Waals surface area contributed by atoms with Crippen molar-refractivity contribution < 1.29 is 0 Å². The molecule has 1 fully saturated rings. The summed E-state index contributed by atoms with van der Waals surface area (Å²) in [5.41, 5.74) is 0. The van der Waals surface area contributed by atoms with E-state index in [-0.39, 0.29) is 0 Å². The first-order chi connectivity index (χ1) is 7.86. The SMILES string of the molecule is Cc1nccn1CCNCC1CCCCS1. The lowest BCUT2D eigenvalue weighted by molar-refractivity contribution is 0.557. The minimum atomic E-state index is 0.845. The maximum absolute atomic E-state index is 4.22. The molecule has 16 heavy (non-hydrogen) atoms. The molecule has 0 aromatic carbocycles. The molecule has 1 unspecified atom stereocenters. The lowest BCUT2D eigenvalue weighted by atomic mass is 10.2. The molecule has 1 saturated heterocycles. The predicted octanol–water partition coefficient (Wildman–Crippen LogP) is 2.07. The number of rotatable bonds is 5. The molecule has 0 amide bonds. The van der Waals surface area contributed by atoms with E-state index in [0.717, 1.165) is 24.2 Å². The van der Waals surface area contributed by atoms with Gasteiger partial charge < -0.3 is 9.88 Å². The highest BCUT2D eigenvalue weighted by atomic mass is 32.2. The number of nitrogens with zero attached hydrogens (tertiary/aromatic N) is 2. The number of imidazole rings is 1. The first-order valence-electron chi connectivity index (χ1n) is 6.16. The molecule has 0 aliphatic carbocycles. The number of hydrogen-bond acceptors (Lipinski definition) is 3. The molecule has 4 heteroatoms. The minimum absolute atomic E-state index is 0.845. The van der Waals surface area contributed by atoms with Crippen LogP contribution in [0.3, 0.4) is 0 Å². The third-order valence-electron chi connectivity index (χ3n) is 3.10. The Morgan fingerprint density at radius 3 is 3.19 bits per heavy atom. The van der Waals surface area contributed by atoms with E-state index < -0.39 is 0 Å². The molecule has 3 nitrogen and oxygen atoms in total. The molecule has 90 valence electrons. The fraction of sp³-hybridized carbons (Fsp3) is 0.750. The molecule has 0 saturated carbocycles. The van der Waals surface area contributed by atoms with E-state index in [1.165, 1.54) is 31.6 Å². The zero-order valence-corrected chi connectivity index (χ0v) is 10.8. The summed E-state index contributed by atoms with van der Waals surface area (Å²) in [5.74, 6) is 2.46. The van der Waals surface area contributed by atoms with Crippen molar-refractivity contribution in [3.8, 4) is 0 Å². The molecule has 2 heterocycles. The van der Waals surface area contributed by atoms with Gasteiger partial charge in [-0.05, 0) is 25.5 Å². The van der Waals surface area contributed by atoms with Gasteiger partial charge in [0, 0.05) is 37.3 Å². The third kappa shape index (κ3) is 3.52. The van der Waals surface area contributed by atoms with Crippen LogP contribution in [0.2, 0.25) is 0 Å². The molecule has 1 aromatic heterocycles. The van der Waals surface area contributed by atoms with Crippen molar-refractivity contribution in [1.29, 1.82) is 0 Å². The zero-order valence-electron chi connectivity index (χ0n) is 9.98. The van der Waals surface area contributed by atoms with Crippen LogP contribution in [-0.2, 0) is 6.54 Å². The van der Waals surface area contributed by atoms with E-state index in [2.05, 4.69) is 33.6 Å². The van der Waals surface area contributed by atoms with Gasteiger partial charge in [0.25, 0.3) is 0 Å². The van der Waals surface area contributed by atoms with E-state index in [1.807, 2.05) is 12.4 Å². The highest BCUT2D eigenvalue weighted by molar-refractivity contribution is 7.99. The van der Waals surface area contributed by atoms with Gasteiger partial charge in [0.2, 0.25) is 0 Å². The van der Waals surface area contributed by atoms with E-state index in [4.69, 9.17) is 0 Å². The average Bonchev–Trinajstić information content (AvgIpc) is 2.72. The smallest absolute Gasteiger partial charge is 0.105 e. The van der Waals surface area contributed by atoms with Crippen LogP contribution >= 0.6 is 11.8 Å². The monoisotopic (exact) mass is 239 g/mol. The van der Waals surface area contributed by atoms with Gasteiger partial charge in [-0.2, -0.15) is 11.8 Å². The van der Waals surface area contributed by atoms with Crippen LogP contribution in [0.1, 0.15) is 25.1 Å². The standard InChI is InChI=1S/C12H21N3S/c1-11-14-6-8-15(11)7-5-13-10-12-4-2-3-9-16-12/h6,8,12-13H,2-5,7,9-10H2,1H3. The van der Waals surface area contributed by atoms with Gasteiger partial charge >= 0.3 is 0 Å². The molecule has 1 N–H and O–H groups in total. The Balaban J connectivity index is 1.59. The van der Waals surface area contributed by atoms with Gasteiger partial charge in [0.05, 0.1) is 0 Å². The normalized spacial score (nSPS) is 21.2. The van der Waals surface area contributed by atoms with Crippen molar-refractivity contribution in [2.45, 2.75) is 38.0 Å². The Labute approximate surface area is 102 Å². The summed E-state index contributed by atoms with van der Waals surface area (Å²) in [7, 11) is 0. The van der Waals surface area contributed by atoms with Crippen LogP contribution < -0.4 is 5.32 Å². The van der Waals surface area contributed by atoms with Crippen molar-refractivity contribution in [3.63, 3.8) is 0 Å². The van der Waals surface area contributed by atoms with E-state index >= 15 is 0 Å². The van der Waals surface area contributed by atoms with Crippen molar-refractivity contribution in [2.24, 2.45) is 0 Å². The molecule has 0 spiro atoms. The summed E-state index contributed by atoms with van der Waals surface area (Å²) in [4.78, 5) is 4.22. The number of thioether (sulfide) groups is 1. The number of hydrogen-bond donors (Lipinski definition) is 1. The van der Waals surface area contributed by atoms with Gasteiger partial charge in [0.15, 0.2) is 0 Å². The quantitative estimate of drug-likeness (QED) is 0.798. The Morgan fingerprint density at radius 1 is 1.56 bits per heavy atom. The highest BCUT2D eigenvalue weighted by Gasteiger charge is 2.12. The van der Waals surface area contributed by atoms with Crippen LogP contribution in [0.15, 0.2) is 12.4 Å². The van der Waals surface area contributed by atoms with Gasteiger partial charge in [-0.3, -0.25) is 0 Å². The summed E-state index contributed by atoms with van der Waals surface area (Å²) in [5, 5.41) is 4.40. The molecule has 1 atom stereocenters. The molecule has 1 aromatic rings. The van der Waals surface area contributed by atoms with Gasteiger partial charge in [-0.1, -0.05) is 6.42 Å². The van der Waals surface area contributed by atoms with Gasteiger partial charge in [-0.25, -0.2) is 4.98 Å². The summed E-state index contributed by atoms with van der Waals surface area (Å²) in [6, 6.07) is 0. The van der Waals surface area contributed by atoms with Crippen molar-refractivity contribution in [1.82, 2.24) is 14.9 Å². The van der Waals surface area contributed by atoms with Crippen molar-refractivity contribution in [2.75, 3.05) is 18.8 Å². The molecule has 1 aliphatic rings. The molecule has 1 aliphatic heterocycles. The number of aryl methyl sites for hydroxylation is 1.